The van der Waals surface area contributed by atoms with Gasteiger partial charge in [-0.1, -0.05) is 41.7 Å². The van der Waals surface area contributed by atoms with Gasteiger partial charge in [0.1, 0.15) is 0 Å². The third-order valence-corrected chi connectivity index (χ3v) is 5.56. The van der Waals surface area contributed by atoms with Crippen LogP contribution in [-0.4, -0.2) is 23.6 Å². The summed E-state index contributed by atoms with van der Waals surface area (Å²) in [5, 5.41) is 8.25. The van der Waals surface area contributed by atoms with Gasteiger partial charge in [-0.05, 0) is 37.3 Å². The Kier molecular flexibility index (Phi) is 3.00. The van der Waals surface area contributed by atoms with E-state index in [1.165, 1.54) is 36.2 Å². The molecule has 0 amide bonds. The van der Waals surface area contributed by atoms with Gasteiger partial charge in [0.2, 0.25) is 0 Å². The normalized spacial score (nSPS) is 27.9. The molecule has 1 aromatic carbocycles. The molecule has 0 radical (unpaired) electrons. The van der Waals surface area contributed by atoms with E-state index in [1.54, 1.807) is 11.3 Å². The van der Waals surface area contributed by atoms with Crippen LogP contribution in [0.25, 0.3) is 10.4 Å². The largest absolute Gasteiger partial charge is 0.360 e. The Morgan fingerprint density at radius 2 is 2.15 bits per heavy atom. The number of benzene rings is 1. The maximum Gasteiger partial charge on any atom is 0.183 e. The molecule has 2 saturated heterocycles. The second-order valence-corrected chi connectivity index (χ2v) is 7.05. The molecule has 1 saturated carbocycles. The van der Waals surface area contributed by atoms with Gasteiger partial charge < -0.3 is 10.6 Å². The summed E-state index contributed by atoms with van der Waals surface area (Å²) < 4.78 is 0. The third-order valence-electron chi connectivity index (χ3n) is 4.55. The molecule has 2 aromatic rings. The molecule has 2 N–H and O–H groups in total. The summed E-state index contributed by atoms with van der Waals surface area (Å²) in [6.07, 6.45) is 5.99. The molecule has 5 rings (SSSR count). The van der Waals surface area contributed by atoms with Crippen molar-refractivity contribution in [2.45, 2.75) is 24.8 Å². The van der Waals surface area contributed by atoms with E-state index in [9.17, 15) is 0 Å². The standard InChI is InChI=1S/C16H19N3S/c1-2-4-13(5-3-1)14-10-17-15(20-14)18-11-16-8-12(9-16)6-7-19-16/h1-5,10,12,19H,6-9,11H2,(H,17,18). The molecule has 1 aliphatic carbocycles. The molecule has 3 aliphatic rings. The number of hydrogen-bond donors (Lipinski definition) is 2. The number of aromatic nitrogens is 1. The molecule has 2 bridgehead atoms. The SMILES string of the molecule is c1ccc(-c2cnc(NCC34CC(CCN3)C4)s2)cc1. The van der Waals surface area contributed by atoms with Crippen LogP contribution in [0.1, 0.15) is 19.3 Å². The van der Waals surface area contributed by atoms with Crippen molar-refractivity contribution in [3.63, 3.8) is 0 Å². The molecule has 1 aromatic heterocycles. The molecule has 20 heavy (non-hydrogen) atoms. The third kappa shape index (κ3) is 2.23. The minimum Gasteiger partial charge on any atom is -0.360 e. The predicted octanol–water partition coefficient (Wildman–Crippen LogP) is 3.36. The maximum absolute atomic E-state index is 4.50. The van der Waals surface area contributed by atoms with Crippen LogP contribution in [0.5, 0.6) is 0 Å². The van der Waals surface area contributed by atoms with Gasteiger partial charge in [0.25, 0.3) is 0 Å². The molecule has 0 unspecified atom stereocenters. The Morgan fingerprint density at radius 1 is 1.30 bits per heavy atom. The van der Waals surface area contributed by atoms with Gasteiger partial charge in [-0.25, -0.2) is 4.98 Å². The van der Waals surface area contributed by atoms with Gasteiger partial charge in [-0.3, -0.25) is 0 Å². The van der Waals surface area contributed by atoms with Crippen LogP contribution in [0.2, 0.25) is 0 Å². The van der Waals surface area contributed by atoms with E-state index in [4.69, 9.17) is 0 Å². The highest BCUT2D eigenvalue weighted by Gasteiger charge is 2.46. The number of nitrogens with zero attached hydrogens (tertiary/aromatic N) is 1. The van der Waals surface area contributed by atoms with Crippen molar-refractivity contribution in [1.82, 2.24) is 10.3 Å². The highest BCUT2D eigenvalue weighted by Crippen LogP contribution is 2.43. The number of rotatable bonds is 4. The Morgan fingerprint density at radius 3 is 2.90 bits per heavy atom. The van der Waals surface area contributed by atoms with Crippen molar-refractivity contribution in [3.8, 4) is 10.4 Å². The first-order valence-corrected chi connectivity index (χ1v) is 8.15. The highest BCUT2D eigenvalue weighted by atomic mass is 32.1. The van der Waals surface area contributed by atoms with E-state index >= 15 is 0 Å². The lowest BCUT2D eigenvalue weighted by Crippen LogP contribution is -2.63. The first-order valence-electron chi connectivity index (χ1n) is 7.33. The summed E-state index contributed by atoms with van der Waals surface area (Å²) >= 11 is 1.74. The van der Waals surface area contributed by atoms with Gasteiger partial charge in [-0.2, -0.15) is 0 Å². The van der Waals surface area contributed by atoms with Gasteiger partial charge >= 0.3 is 0 Å². The van der Waals surface area contributed by atoms with E-state index in [0.717, 1.165) is 17.6 Å². The monoisotopic (exact) mass is 285 g/mol. The molecule has 0 atom stereocenters. The van der Waals surface area contributed by atoms with E-state index in [2.05, 4.69) is 39.9 Å². The smallest absolute Gasteiger partial charge is 0.183 e. The lowest BCUT2D eigenvalue weighted by atomic mass is 9.64. The lowest BCUT2D eigenvalue weighted by molar-refractivity contribution is 0.0639. The van der Waals surface area contributed by atoms with Crippen LogP contribution in [0.15, 0.2) is 36.5 Å². The summed E-state index contributed by atoms with van der Waals surface area (Å²) in [5.41, 5.74) is 1.59. The zero-order valence-corrected chi connectivity index (χ0v) is 12.2. The lowest BCUT2D eigenvalue weighted by Gasteiger charge is -2.53. The molecule has 3 heterocycles. The Balaban J connectivity index is 1.42. The van der Waals surface area contributed by atoms with Crippen molar-refractivity contribution in [3.05, 3.63) is 36.5 Å². The van der Waals surface area contributed by atoms with E-state index in [0.29, 0.717) is 5.54 Å². The average Bonchev–Trinajstić information content (AvgIpc) is 2.95. The second-order valence-electron chi connectivity index (χ2n) is 6.02. The van der Waals surface area contributed by atoms with Crippen LogP contribution in [-0.2, 0) is 0 Å². The fourth-order valence-electron chi connectivity index (χ4n) is 3.48. The number of piperidine rings is 2. The predicted molar refractivity (Wildman–Crippen MR) is 84.1 cm³/mol. The summed E-state index contributed by atoms with van der Waals surface area (Å²) in [5.74, 6) is 0.967. The zero-order chi connectivity index (χ0) is 13.4. The second kappa shape index (κ2) is 4.86. The average molecular weight is 285 g/mol. The molecule has 0 spiro atoms. The van der Waals surface area contributed by atoms with Gasteiger partial charge in [0.15, 0.2) is 5.13 Å². The quantitative estimate of drug-likeness (QED) is 0.904. The molecule has 3 fully saturated rings. The van der Waals surface area contributed by atoms with Gasteiger partial charge in [0.05, 0.1) is 4.88 Å². The topological polar surface area (TPSA) is 37.0 Å². The maximum atomic E-state index is 4.50. The van der Waals surface area contributed by atoms with Crippen LogP contribution in [0, 0.1) is 5.92 Å². The van der Waals surface area contributed by atoms with Crippen LogP contribution in [0.3, 0.4) is 0 Å². The molecule has 4 heteroatoms. The fourth-order valence-corrected chi connectivity index (χ4v) is 4.30. The number of hydrogen-bond acceptors (Lipinski definition) is 4. The minimum absolute atomic E-state index is 0.349. The number of thiazole rings is 1. The van der Waals surface area contributed by atoms with Crippen LogP contribution >= 0.6 is 11.3 Å². The molecular formula is C16H19N3S. The molecule has 2 aliphatic heterocycles. The molecular weight excluding hydrogens is 266 g/mol. The fraction of sp³-hybridized carbons (Fsp3) is 0.438. The summed E-state index contributed by atoms with van der Waals surface area (Å²) in [6.45, 7) is 2.19. The number of anilines is 1. The van der Waals surface area contributed by atoms with Crippen LogP contribution in [0.4, 0.5) is 5.13 Å². The number of fused-ring (bicyclic) bond motifs is 2. The Bertz CT molecular complexity index is 581. The zero-order valence-electron chi connectivity index (χ0n) is 11.4. The number of nitrogens with one attached hydrogen (secondary N) is 2. The van der Waals surface area contributed by atoms with Gasteiger partial charge in [0, 0.05) is 18.3 Å². The van der Waals surface area contributed by atoms with Crippen molar-refractivity contribution < 1.29 is 0 Å². The van der Waals surface area contributed by atoms with E-state index < -0.39 is 0 Å². The van der Waals surface area contributed by atoms with Crippen molar-refractivity contribution >= 4 is 16.5 Å². The van der Waals surface area contributed by atoms with Crippen LogP contribution < -0.4 is 10.6 Å². The van der Waals surface area contributed by atoms with Crippen molar-refractivity contribution in [1.29, 1.82) is 0 Å². The first-order chi connectivity index (χ1) is 9.83. The van der Waals surface area contributed by atoms with E-state index in [-0.39, 0.29) is 0 Å². The first kappa shape index (κ1) is 12.4. The molecule has 104 valence electrons. The Hall–Kier alpha value is -1.39. The van der Waals surface area contributed by atoms with E-state index in [1.807, 2.05) is 12.3 Å². The van der Waals surface area contributed by atoms with Gasteiger partial charge in [-0.15, -0.1) is 0 Å². The van der Waals surface area contributed by atoms with Crippen molar-refractivity contribution in [2.24, 2.45) is 5.92 Å². The Labute approximate surface area is 123 Å². The minimum atomic E-state index is 0.349. The summed E-state index contributed by atoms with van der Waals surface area (Å²) in [4.78, 5) is 5.74. The molecule has 3 nitrogen and oxygen atoms in total. The summed E-state index contributed by atoms with van der Waals surface area (Å²) in [7, 11) is 0. The summed E-state index contributed by atoms with van der Waals surface area (Å²) in [6, 6.07) is 10.5. The highest BCUT2D eigenvalue weighted by molar-refractivity contribution is 7.18. The van der Waals surface area contributed by atoms with Crippen molar-refractivity contribution in [2.75, 3.05) is 18.4 Å².